The van der Waals surface area contributed by atoms with Crippen LogP contribution in [-0.4, -0.2) is 76.5 Å². The summed E-state index contributed by atoms with van der Waals surface area (Å²) in [4.78, 5) is 29.4. The maximum absolute atomic E-state index is 12.4. The Labute approximate surface area is 188 Å². The van der Waals surface area contributed by atoms with E-state index >= 15 is 0 Å². The predicted molar refractivity (Wildman–Crippen MR) is 123 cm³/mol. The van der Waals surface area contributed by atoms with Gasteiger partial charge in [0.1, 0.15) is 17.7 Å². The van der Waals surface area contributed by atoms with Crippen LogP contribution in [0.2, 0.25) is 0 Å². The summed E-state index contributed by atoms with van der Waals surface area (Å²) in [6.45, 7) is 0.290. The minimum Gasteiger partial charge on any atom is -0.380 e. The van der Waals surface area contributed by atoms with Gasteiger partial charge in [0.05, 0.1) is 36.5 Å². The molecule has 0 aromatic carbocycles. The van der Waals surface area contributed by atoms with E-state index in [1.54, 1.807) is 6.20 Å². The number of pyridine rings is 1. The Morgan fingerprint density at radius 2 is 1.84 bits per heavy atom. The lowest BCUT2D eigenvalue weighted by Crippen LogP contribution is -2.44. The van der Waals surface area contributed by atoms with E-state index in [0.29, 0.717) is 42.0 Å². The Morgan fingerprint density at radius 3 is 2.47 bits per heavy atom. The summed E-state index contributed by atoms with van der Waals surface area (Å²) in [6.07, 6.45) is 9.19. The molecule has 2 bridgehead atoms. The molecule has 0 saturated carbocycles. The third kappa shape index (κ3) is 5.12. The quantitative estimate of drug-likeness (QED) is 0.599. The van der Waals surface area contributed by atoms with Crippen molar-refractivity contribution in [1.29, 1.82) is 5.26 Å². The molecule has 0 spiro atoms. The number of nitrogens with one attached hydrogen (secondary N) is 3. The number of hydrogen-bond acceptors (Lipinski definition) is 9. The van der Waals surface area contributed by atoms with Gasteiger partial charge in [-0.3, -0.25) is 4.79 Å². The molecule has 2 aliphatic heterocycles. The van der Waals surface area contributed by atoms with Gasteiger partial charge in [0.25, 0.3) is 0 Å². The number of piperidine rings is 1. The van der Waals surface area contributed by atoms with Crippen LogP contribution < -0.4 is 16.0 Å². The van der Waals surface area contributed by atoms with Crippen LogP contribution in [-0.2, 0) is 4.79 Å². The number of anilines is 4. The number of carbonyl (C=O) groups excluding carboxylic acids is 1. The summed E-state index contributed by atoms with van der Waals surface area (Å²) in [7, 11) is 5.94. The molecule has 1 amide bonds. The number of carbonyl (C=O) groups is 1. The molecular formula is C22H29N9O. The highest BCUT2D eigenvalue weighted by atomic mass is 16.2. The first-order chi connectivity index (χ1) is 15.4. The van der Waals surface area contributed by atoms with Crippen molar-refractivity contribution in [3.63, 3.8) is 0 Å². The molecule has 3 N–H and O–H groups in total. The number of nitrogens with zero attached hydrogens (tertiary/aromatic N) is 6. The Hall–Kier alpha value is -3.29. The first-order valence-corrected chi connectivity index (χ1v) is 10.8. The summed E-state index contributed by atoms with van der Waals surface area (Å²) in [5.74, 6) is 0.971. The smallest absolute Gasteiger partial charge is 0.238 e. The van der Waals surface area contributed by atoms with E-state index < -0.39 is 0 Å². The first kappa shape index (κ1) is 21.9. The van der Waals surface area contributed by atoms with Crippen LogP contribution in [0.5, 0.6) is 0 Å². The molecule has 2 atom stereocenters. The largest absolute Gasteiger partial charge is 0.380 e. The molecule has 2 aliphatic rings. The van der Waals surface area contributed by atoms with Crippen molar-refractivity contribution < 1.29 is 4.79 Å². The van der Waals surface area contributed by atoms with Crippen molar-refractivity contribution in [1.82, 2.24) is 24.8 Å². The van der Waals surface area contributed by atoms with Crippen LogP contribution in [0.15, 0.2) is 24.7 Å². The zero-order valence-corrected chi connectivity index (χ0v) is 18.7. The number of aromatic nitrogens is 3. The highest BCUT2D eigenvalue weighted by molar-refractivity contribution is 5.95. The minimum absolute atomic E-state index is 0.0954. The van der Waals surface area contributed by atoms with Crippen LogP contribution in [0.3, 0.4) is 0 Å². The average molecular weight is 436 g/mol. The van der Waals surface area contributed by atoms with E-state index in [4.69, 9.17) is 5.26 Å². The summed E-state index contributed by atoms with van der Waals surface area (Å²) in [5.41, 5.74) is 1.73. The number of likely N-dealkylation sites (N-methyl/N-ethyl adjacent to an activating group) is 1. The Kier molecular flexibility index (Phi) is 6.48. The van der Waals surface area contributed by atoms with Crippen LogP contribution in [0.1, 0.15) is 31.4 Å². The molecular weight excluding hydrogens is 406 g/mol. The standard InChI is InChI=1S/C22H29N9O/c1-30(2)13-22(32)28-19-11-26-20(29-21-12-24-15(9-23)10-25-21)8-18(19)27-14-6-16-4-5-17(7-14)31(16)3/h8,10-12,14,16-17H,4-7,13H2,1-3H3,(H,28,32)(H2,25,26,27,29). The van der Waals surface area contributed by atoms with Gasteiger partial charge >= 0.3 is 0 Å². The summed E-state index contributed by atoms with van der Waals surface area (Å²) in [6, 6.07) is 5.37. The Balaban J connectivity index is 1.54. The molecule has 2 unspecified atom stereocenters. The highest BCUT2D eigenvalue weighted by Crippen LogP contribution is 2.36. The summed E-state index contributed by atoms with van der Waals surface area (Å²) >= 11 is 0. The predicted octanol–water partition coefficient (Wildman–Crippen LogP) is 2.02. The number of amides is 1. The molecule has 10 nitrogen and oxygen atoms in total. The van der Waals surface area contributed by atoms with Crippen molar-refractivity contribution in [3.05, 3.63) is 30.4 Å². The van der Waals surface area contributed by atoms with Crippen LogP contribution in [0.4, 0.5) is 23.0 Å². The maximum Gasteiger partial charge on any atom is 0.238 e. The van der Waals surface area contributed by atoms with Crippen LogP contribution in [0.25, 0.3) is 0 Å². The van der Waals surface area contributed by atoms with Gasteiger partial charge < -0.3 is 25.8 Å². The fourth-order valence-electron chi connectivity index (χ4n) is 4.55. The topological polar surface area (TPSA) is 122 Å². The van der Waals surface area contributed by atoms with E-state index in [1.165, 1.54) is 25.2 Å². The molecule has 10 heteroatoms. The molecule has 2 aromatic heterocycles. The number of rotatable bonds is 7. The second-order valence-electron chi connectivity index (χ2n) is 8.79. The van der Waals surface area contributed by atoms with Gasteiger partial charge in [-0.05, 0) is 46.8 Å². The zero-order valence-electron chi connectivity index (χ0n) is 18.7. The van der Waals surface area contributed by atoms with Crippen molar-refractivity contribution in [2.75, 3.05) is 43.6 Å². The van der Waals surface area contributed by atoms with Crippen molar-refractivity contribution >= 4 is 28.9 Å². The lowest BCUT2D eigenvalue weighted by molar-refractivity contribution is -0.116. The number of hydrogen-bond donors (Lipinski definition) is 3. The van der Waals surface area contributed by atoms with Gasteiger partial charge in [0, 0.05) is 24.2 Å². The van der Waals surface area contributed by atoms with Gasteiger partial charge in [-0.1, -0.05) is 0 Å². The normalized spacial score (nSPS) is 22.4. The van der Waals surface area contributed by atoms with Crippen molar-refractivity contribution in [2.24, 2.45) is 0 Å². The highest BCUT2D eigenvalue weighted by Gasteiger charge is 2.38. The molecule has 2 fully saturated rings. The summed E-state index contributed by atoms with van der Waals surface area (Å²) in [5, 5.41) is 18.6. The molecule has 4 rings (SSSR count). The SMILES string of the molecule is CN(C)CC(=O)Nc1cnc(Nc2cnc(C#N)cn2)cc1NC1CC2CCC(C1)N2C. The van der Waals surface area contributed by atoms with E-state index in [-0.39, 0.29) is 11.6 Å². The van der Waals surface area contributed by atoms with E-state index in [1.807, 2.05) is 31.1 Å². The average Bonchev–Trinajstić information content (AvgIpc) is 2.96. The fourth-order valence-corrected chi connectivity index (χ4v) is 4.55. The van der Waals surface area contributed by atoms with Gasteiger partial charge in [-0.25, -0.2) is 15.0 Å². The van der Waals surface area contributed by atoms with Gasteiger partial charge in [0.15, 0.2) is 5.69 Å². The second kappa shape index (κ2) is 9.46. The van der Waals surface area contributed by atoms with E-state index in [0.717, 1.165) is 18.5 Å². The molecule has 0 aliphatic carbocycles. The third-order valence-corrected chi connectivity index (χ3v) is 6.12. The van der Waals surface area contributed by atoms with Crippen molar-refractivity contribution in [3.8, 4) is 6.07 Å². The molecule has 4 heterocycles. The first-order valence-electron chi connectivity index (χ1n) is 10.8. The van der Waals surface area contributed by atoms with Gasteiger partial charge in [0.2, 0.25) is 5.91 Å². The number of fused-ring (bicyclic) bond motifs is 2. The zero-order chi connectivity index (χ0) is 22.7. The van der Waals surface area contributed by atoms with Crippen LogP contribution >= 0.6 is 0 Å². The van der Waals surface area contributed by atoms with E-state index in [2.05, 4.69) is 42.8 Å². The van der Waals surface area contributed by atoms with Gasteiger partial charge in [-0.2, -0.15) is 5.26 Å². The minimum atomic E-state index is -0.0954. The maximum atomic E-state index is 12.4. The monoisotopic (exact) mass is 435 g/mol. The number of nitriles is 1. The van der Waals surface area contributed by atoms with Crippen LogP contribution in [0, 0.1) is 11.3 Å². The molecule has 32 heavy (non-hydrogen) atoms. The summed E-state index contributed by atoms with van der Waals surface area (Å²) < 4.78 is 0. The Morgan fingerprint density at radius 1 is 1.12 bits per heavy atom. The second-order valence-corrected chi connectivity index (χ2v) is 8.79. The lowest BCUT2D eigenvalue weighted by atomic mass is 9.97. The van der Waals surface area contributed by atoms with E-state index in [9.17, 15) is 4.79 Å². The third-order valence-electron chi connectivity index (χ3n) is 6.12. The molecule has 168 valence electrons. The van der Waals surface area contributed by atoms with Crippen molar-refractivity contribution in [2.45, 2.75) is 43.8 Å². The molecule has 0 radical (unpaired) electrons. The molecule has 2 aromatic rings. The fraction of sp³-hybridized carbons (Fsp3) is 0.500. The molecule has 2 saturated heterocycles. The van der Waals surface area contributed by atoms with Gasteiger partial charge in [-0.15, -0.1) is 0 Å². The Bertz CT molecular complexity index is 987. The lowest BCUT2D eigenvalue weighted by Gasteiger charge is -2.37.